The van der Waals surface area contributed by atoms with Gasteiger partial charge in [-0.2, -0.15) is 0 Å². The van der Waals surface area contributed by atoms with Gasteiger partial charge in [-0.05, 0) is 23.5 Å². The van der Waals surface area contributed by atoms with Crippen molar-refractivity contribution in [2.45, 2.75) is 20.3 Å². The molecule has 2 rings (SSSR count). The summed E-state index contributed by atoms with van der Waals surface area (Å²) < 4.78 is 0. The number of carbonyl (C=O) groups is 1. The van der Waals surface area contributed by atoms with Gasteiger partial charge in [0.05, 0.1) is 6.42 Å². The van der Waals surface area contributed by atoms with Gasteiger partial charge in [0.2, 0.25) is 0 Å². The molecule has 1 aliphatic heterocycles. The molecule has 0 bridgehead atoms. The number of aliphatic carboxylic acids is 1. The average molecular weight is 233 g/mol. The van der Waals surface area contributed by atoms with Crippen LogP contribution in [0.15, 0.2) is 24.3 Å². The minimum absolute atomic E-state index is 0.110. The molecule has 0 radical (unpaired) electrons. The molecular weight excluding hydrogens is 214 g/mol. The maximum Gasteiger partial charge on any atom is 0.307 e. The first-order valence-corrected chi connectivity index (χ1v) is 6.12. The number of carboxylic acids is 1. The Kier molecular flexibility index (Phi) is 3.36. The molecular formula is C14H19NO2. The third-order valence-electron chi connectivity index (χ3n) is 3.53. The zero-order valence-electron chi connectivity index (χ0n) is 10.4. The summed E-state index contributed by atoms with van der Waals surface area (Å²) in [5.74, 6) is 0.684. The van der Waals surface area contributed by atoms with E-state index in [1.165, 1.54) is 0 Å². The van der Waals surface area contributed by atoms with E-state index >= 15 is 0 Å². The highest BCUT2D eigenvalue weighted by Gasteiger charge is 2.30. The van der Waals surface area contributed by atoms with Crippen LogP contribution in [0.2, 0.25) is 0 Å². The fraction of sp³-hybridized carbons (Fsp3) is 0.500. The molecule has 17 heavy (non-hydrogen) atoms. The third-order valence-corrected chi connectivity index (χ3v) is 3.53. The van der Waals surface area contributed by atoms with Crippen molar-refractivity contribution in [2.24, 2.45) is 11.8 Å². The highest BCUT2D eigenvalue weighted by atomic mass is 16.4. The SMILES string of the molecule is CC(C)C1CN(c2ccccc2CC(=O)O)C1. The van der Waals surface area contributed by atoms with Crippen LogP contribution in [-0.4, -0.2) is 24.2 Å². The molecule has 92 valence electrons. The lowest BCUT2D eigenvalue weighted by Crippen LogP contribution is -2.49. The summed E-state index contributed by atoms with van der Waals surface area (Å²) in [7, 11) is 0. The highest BCUT2D eigenvalue weighted by Crippen LogP contribution is 2.31. The Hall–Kier alpha value is -1.51. The Morgan fingerprint density at radius 2 is 2.06 bits per heavy atom. The predicted molar refractivity (Wildman–Crippen MR) is 68.3 cm³/mol. The topological polar surface area (TPSA) is 40.5 Å². The fourth-order valence-corrected chi connectivity index (χ4v) is 2.26. The summed E-state index contributed by atoms with van der Waals surface area (Å²) in [6.45, 7) is 6.58. The van der Waals surface area contributed by atoms with E-state index in [2.05, 4.69) is 18.7 Å². The molecule has 1 aliphatic rings. The summed E-state index contributed by atoms with van der Waals surface area (Å²) in [5.41, 5.74) is 2.01. The normalized spacial score (nSPS) is 16.1. The summed E-state index contributed by atoms with van der Waals surface area (Å²) in [4.78, 5) is 13.1. The van der Waals surface area contributed by atoms with Gasteiger partial charge in [0.1, 0.15) is 0 Å². The summed E-state index contributed by atoms with van der Waals surface area (Å²) in [5, 5.41) is 8.89. The van der Waals surface area contributed by atoms with Gasteiger partial charge in [-0.1, -0.05) is 32.0 Å². The van der Waals surface area contributed by atoms with Gasteiger partial charge in [0.15, 0.2) is 0 Å². The molecule has 1 fully saturated rings. The number of para-hydroxylation sites is 1. The third kappa shape index (κ3) is 2.60. The molecule has 0 unspecified atom stereocenters. The Labute approximate surface area is 102 Å². The highest BCUT2D eigenvalue weighted by molar-refractivity contribution is 5.73. The van der Waals surface area contributed by atoms with Crippen molar-refractivity contribution in [3.05, 3.63) is 29.8 Å². The standard InChI is InChI=1S/C14H19NO2/c1-10(2)12-8-15(9-12)13-6-4-3-5-11(13)7-14(16)17/h3-6,10,12H,7-9H2,1-2H3,(H,16,17). The van der Waals surface area contributed by atoms with Gasteiger partial charge in [-0.25, -0.2) is 0 Å². The van der Waals surface area contributed by atoms with Crippen LogP contribution in [0, 0.1) is 11.8 Å². The molecule has 0 aliphatic carbocycles. The van der Waals surface area contributed by atoms with Gasteiger partial charge in [-0.3, -0.25) is 4.79 Å². The van der Waals surface area contributed by atoms with Crippen LogP contribution in [0.1, 0.15) is 19.4 Å². The predicted octanol–water partition coefficient (Wildman–Crippen LogP) is 2.41. The van der Waals surface area contributed by atoms with Crippen LogP contribution in [-0.2, 0) is 11.2 Å². The number of anilines is 1. The number of rotatable bonds is 4. The van der Waals surface area contributed by atoms with E-state index in [0.717, 1.165) is 30.3 Å². The average Bonchev–Trinajstić information content (AvgIpc) is 2.16. The van der Waals surface area contributed by atoms with Crippen molar-refractivity contribution in [1.29, 1.82) is 0 Å². The lowest BCUT2D eigenvalue weighted by Gasteiger charge is -2.44. The van der Waals surface area contributed by atoms with Crippen molar-refractivity contribution in [3.63, 3.8) is 0 Å². The summed E-state index contributed by atoms with van der Waals surface area (Å²) in [6, 6.07) is 7.81. The van der Waals surface area contributed by atoms with Crippen LogP contribution in [0.5, 0.6) is 0 Å². The van der Waals surface area contributed by atoms with E-state index in [0.29, 0.717) is 5.92 Å². The van der Waals surface area contributed by atoms with E-state index in [1.54, 1.807) is 0 Å². The molecule has 0 spiro atoms. The second-order valence-corrected chi connectivity index (χ2v) is 5.11. The monoisotopic (exact) mass is 233 g/mol. The van der Waals surface area contributed by atoms with Crippen LogP contribution < -0.4 is 4.90 Å². The molecule has 1 aromatic rings. The molecule has 1 N–H and O–H groups in total. The quantitative estimate of drug-likeness (QED) is 0.868. The minimum atomic E-state index is -0.765. The zero-order valence-corrected chi connectivity index (χ0v) is 10.4. The Morgan fingerprint density at radius 3 is 2.65 bits per heavy atom. The van der Waals surface area contributed by atoms with Gasteiger partial charge in [0, 0.05) is 18.8 Å². The van der Waals surface area contributed by atoms with E-state index < -0.39 is 5.97 Å². The van der Waals surface area contributed by atoms with Crippen molar-refractivity contribution in [1.82, 2.24) is 0 Å². The summed E-state index contributed by atoms with van der Waals surface area (Å²) in [6.07, 6.45) is 0.110. The molecule has 0 saturated carbocycles. The van der Waals surface area contributed by atoms with Crippen LogP contribution in [0.3, 0.4) is 0 Å². The number of carboxylic acid groups (broad SMARTS) is 1. The van der Waals surface area contributed by atoms with Gasteiger partial charge >= 0.3 is 5.97 Å². The van der Waals surface area contributed by atoms with Crippen LogP contribution in [0.4, 0.5) is 5.69 Å². The molecule has 1 aromatic carbocycles. The molecule has 3 heteroatoms. The van der Waals surface area contributed by atoms with Crippen LogP contribution in [0.25, 0.3) is 0 Å². The van der Waals surface area contributed by atoms with Crippen molar-refractivity contribution >= 4 is 11.7 Å². The number of hydrogen-bond acceptors (Lipinski definition) is 2. The van der Waals surface area contributed by atoms with E-state index in [4.69, 9.17) is 5.11 Å². The molecule has 1 heterocycles. The Balaban J connectivity index is 2.09. The molecule has 1 saturated heterocycles. The zero-order chi connectivity index (χ0) is 12.4. The van der Waals surface area contributed by atoms with E-state index in [9.17, 15) is 4.79 Å². The first kappa shape index (κ1) is 12.0. The number of benzene rings is 1. The maximum atomic E-state index is 10.8. The molecule has 0 amide bonds. The second-order valence-electron chi connectivity index (χ2n) is 5.11. The first-order chi connectivity index (χ1) is 8.08. The molecule has 0 aromatic heterocycles. The number of nitrogens with zero attached hydrogens (tertiary/aromatic N) is 1. The maximum absolute atomic E-state index is 10.8. The second kappa shape index (κ2) is 4.78. The lowest BCUT2D eigenvalue weighted by atomic mass is 9.87. The Bertz CT molecular complexity index is 408. The lowest BCUT2D eigenvalue weighted by molar-refractivity contribution is -0.136. The summed E-state index contributed by atoms with van der Waals surface area (Å²) >= 11 is 0. The minimum Gasteiger partial charge on any atom is -0.481 e. The van der Waals surface area contributed by atoms with E-state index in [-0.39, 0.29) is 6.42 Å². The van der Waals surface area contributed by atoms with Crippen molar-refractivity contribution in [3.8, 4) is 0 Å². The Morgan fingerprint density at radius 1 is 1.41 bits per heavy atom. The van der Waals surface area contributed by atoms with Crippen molar-refractivity contribution in [2.75, 3.05) is 18.0 Å². The van der Waals surface area contributed by atoms with Gasteiger partial charge in [0.25, 0.3) is 0 Å². The van der Waals surface area contributed by atoms with E-state index in [1.807, 2.05) is 24.3 Å². The van der Waals surface area contributed by atoms with Crippen LogP contribution >= 0.6 is 0 Å². The molecule has 0 atom stereocenters. The van der Waals surface area contributed by atoms with Gasteiger partial charge in [-0.15, -0.1) is 0 Å². The first-order valence-electron chi connectivity index (χ1n) is 6.12. The molecule has 3 nitrogen and oxygen atoms in total. The van der Waals surface area contributed by atoms with Gasteiger partial charge < -0.3 is 10.0 Å². The largest absolute Gasteiger partial charge is 0.481 e. The van der Waals surface area contributed by atoms with Crippen molar-refractivity contribution < 1.29 is 9.90 Å². The smallest absolute Gasteiger partial charge is 0.307 e. The number of hydrogen-bond donors (Lipinski definition) is 1. The fourth-order valence-electron chi connectivity index (χ4n) is 2.26.